The maximum atomic E-state index is 11.6. The molecule has 84 valence electrons. The number of hydrogen-bond acceptors (Lipinski definition) is 3. The Balaban J connectivity index is 2.23. The summed E-state index contributed by atoms with van der Waals surface area (Å²) in [4.78, 5) is 11.6. The van der Waals surface area contributed by atoms with E-state index in [4.69, 9.17) is 9.52 Å². The van der Waals surface area contributed by atoms with Gasteiger partial charge in [0.1, 0.15) is 18.1 Å². The zero-order valence-electron chi connectivity index (χ0n) is 9.01. The molecule has 0 bridgehead atoms. The van der Waals surface area contributed by atoms with E-state index in [1.165, 1.54) is 0 Å². The Labute approximate surface area is 92.8 Å². The Kier molecular flexibility index (Phi) is 2.92. The Morgan fingerprint density at radius 1 is 1.31 bits per heavy atom. The highest BCUT2D eigenvalue weighted by atomic mass is 16.4. The summed E-state index contributed by atoms with van der Waals surface area (Å²) < 4.78 is 6.87. The topological polar surface area (TPSA) is 55.4 Å². The van der Waals surface area contributed by atoms with E-state index in [0.717, 1.165) is 5.56 Å². The van der Waals surface area contributed by atoms with Crippen LogP contribution in [0, 0.1) is 6.92 Å². The standard InChI is InChI=1S/C12H13NO3/c1-9-4-5-13(12(15)6-9)7-10-2-3-11(8-14)16-10/h2-6,14H,7-8H2,1H3. The third-order valence-electron chi connectivity index (χ3n) is 2.35. The quantitative estimate of drug-likeness (QED) is 0.846. The molecular formula is C12H13NO3. The van der Waals surface area contributed by atoms with Crippen LogP contribution >= 0.6 is 0 Å². The predicted molar refractivity (Wildman–Crippen MR) is 59.2 cm³/mol. The van der Waals surface area contributed by atoms with Crippen molar-refractivity contribution < 1.29 is 9.52 Å². The van der Waals surface area contributed by atoms with E-state index < -0.39 is 0 Å². The fraction of sp³-hybridized carbons (Fsp3) is 0.250. The molecule has 0 saturated carbocycles. The summed E-state index contributed by atoms with van der Waals surface area (Å²) in [5.74, 6) is 1.17. The lowest BCUT2D eigenvalue weighted by atomic mass is 10.3. The van der Waals surface area contributed by atoms with Crippen molar-refractivity contribution >= 4 is 0 Å². The Morgan fingerprint density at radius 2 is 2.06 bits per heavy atom. The van der Waals surface area contributed by atoms with Crippen molar-refractivity contribution in [2.75, 3.05) is 0 Å². The largest absolute Gasteiger partial charge is 0.462 e. The molecule has 0 aliphatic heterocycles. The Morgan fingerprint density at radius 3 is 2.69 bits per heavy atom. The first kappa shape index (κ1) is 10.7. The summed E-state index contributed by atoms with van der Waals surface area (Å²) in [6.45, 7) is 2.14. The van der Waals surface area contributed by atoms with Crippen LogP contribution in [-0.4, -0.2) is 9.67 Å². The SMILES string of the molecule is Cc1ccn(Cc2ccc(CO)o2)c(=O)c1. The second-order valence-electron chi connectivity index (χ2n) is 3.70. The third-order valence-corrected chi connectivity index (χ3v) is 2.35. The van der Waals surface area contributed by atoms with Gasteiger partial charge in [0, 0.05) is 12.3 Å². The molecule has 0 saturated heterocycles. The molecule has 0 aliphatic carbocycles. The molecule has 16 heavy (non-hydrogen) atoms. The van der Waals surface area contributed by atoms with E-state index in [2.05, 4.69) is 0 Å². The van der Waals surface area contributed by atoms with E-state index in [1.54, 1.807) is 29.0 Å². The van der Waals surface area contributed by atoms with Crippen LogP contribution in [0.1, 0.15) is 17.1 Å². The summed E-state index contributed by atoms with van der Waals surface area (Å²) in [5, 5.41) is 8.85. The number of furan rings is 1. The van der Waals surface area contributed by atoms with Gasteiger partial charge in [-0.15, -0.1) is 0 Å². The highest BCUT2D eigenvalue weighted by molar-refractivity contribution is 5.11. The van der Waals surface area contributed by atoms with Crippen molar-refractivity contribution in [3.05, 3.63) is 57.9 Å². The molecule has 0 radical (unpaired) electrons. The normalized spacial score (nSPS) is 10.6. The van der Waals surface area contributed by atoms with Gasteiger partial charge >= 0.3 is 0 Å². The molecule has 0 atom stereocenters. The van der Waals surface area contributed by atoms with Gasteiger partial charge in [-0.1, -0.05) is 0 Å². The fourth-order valence-corrected chi connectivity index (χ4v) is 1.50. The third kappa shape index (κ3) is 2.23. The molecule has 0 aromatic carbocycles. The number of pyridine rings is 1. The summed E-state index contributed by atoms with van der Waals surface area (Å²) in [5.41, 5.74) is 0.888. The average molecular weight is 219 g/mol. The molecule has 0 fully saturated rings. The first-order chi connectivity index (χ1) is 7.69. The van der Waals surface area contributed by atoms with Gasteiger partial charge in [0.05, 0.1) is 6.54 Å². The van der Waals surface area contributed by atoms with E-state index in [-0.39, 0.29) is 12.2 Å². The molecule has 4 nitrogen and oxygen atoms in total. The zero-order valence-corrected chi connectivity index (χ0v) is 9.01. The Bertz CT molecular complexity index is 539. The maximum Gasteiger partial charge on any atom is 0.251 e. The van der Waals surface area contributed by atoms with Crippen molar-refractivity contribution in [3.8, 4) is 0 Å². The van der Waals surface area contributed by atoms with Crippen LogP contribution in [0.2, 0.25) is 0 Å². The smallest absolute Gasteiger partial charge is 0.251 e. The van der Waals surface area contributed by atoms with Gasteiger partial charge < -0.3 is 14.1 Å². The van der Waals surface area contributed by atoms with Crippen molar-refractivity contribution in [1.29, 1.82) is 0 Å². The second-order valence-corrected chi connectivity index (χ2v) is 3.70. The molecule has 0 amide bonds. The number of hydrogen-bond donors (Lipinski definition) is 1. The number of aliphatic hydroxyl groups is 1. The van der Waals surface area contributed by atoms with E-state index in [0.29, 0.717) is 18.1 Å². The van der Waals surface area contributed by atoms with Crippen molar-refractivity contribution in [1.82, 2.24) is 4.57 Å². The van der Waals surface area contributed by atoms with E-state index in [1.807, 2.05) is 13.0 Å². The summed E-state index contributed by atoms with van der Waals surface area (Å²) in [6, 6.07) is 6.92. The number of nitrogens with zero attached hydrogens (tertiary/aromatic N) is 1. The fourth-order valence-electron chi connectivity index (χ4n) is 1.50. The van der Waals surface area contributed by atoms with E-state index >= 15 is 0 Å². The Hall–Kier alpha value is -1.81. The maximum absolute atomic E-state index is 11.6. The minimum Gasteiger partial charge on any atom is -0.462 e. The summed E-state index contributed by atoms with van der Waals surface area (Å²) >= 11 is 0. The molecule has 1 N–H and O–H groups in total. The van der Waals surface area contributed by atoms with Crippen molar-refractivity contribution in [2.45, 2.75) is 20.1 Å². The van der Waals surface area contributed by atoms with Crippen LogP contribution in [0.5, 0.6) is 0 Å². The molecule has 4 heteroatoms. The highest BCUT2D eigenvalue weighted by Gasteiger charge is 2.03. The predicted octanol–water partition coefficient (Wildman–Crippen LogP) is 1.29. The van der Waals surface area contributed by atoms with Crippen molar-refractivity contribution in [2.24, 2.45) is 0 Å². The molecule has 2 aromatic rings. The van der Waals surface area contributed by atoms with Crippen LogP contribution in [0.4, 0.5) is 0 Å². The van der Waals surface area contributed by atoms with E-state index in [9.17, 15) is 4.79 Å². The van der Waals surface area contributed by atoms with Crippen LogP contribution in [0.3, 0.4) is 0 Å². The molecule has 0 spiro atoms. The van der Waals surface area contributed by atoms with Gasteiger partial charge in [-0.2, -0.15) is 0 Å². The molecular weight excluding hydrogens is 206 g/mol. The monoisotopic (exact) mass is 219 g/mol. The number of aliphatic hydroxyl groups excluding tert-OH is 1. The minimum absolute atomic E-state index is 0.0538. The van der Waals surface area contributed by atoms with Crippen LogP contribution in [0.15, 0.2) is 39.7 Å². The molecule has 2 heterocycles. The lowest BCUT2D eigenvalue weighted by Crippen LogP contribution is -2.18. The first-order valence-electron chi connectivity index (χ1n) is 5.04. The average Bonchev–Trinajstić information content (AvgIpc) is 2.70. The van der Waals surface area contributed by atoms with Gasteiger partial charge in [0.15, 0.2) is 0 Å². The van der Waals surface area contributed by atoms with Crippen LogP contribution in [0.25, 0.3) is 0 Å². The molecule has 2 aromatic heterocycles. The number of aryl methyl sites for hydroxylation is 1. The second kappa shape index (κ2) is 4.37. The summed E-state index contributed by atoms with van der Waals surface area (Å²) in [7, 11) is 0. The van der Waals surface area contributed by atoms with Crippen LogP contribution < -0.4 is 5.56 Å². The molecule has 0 unspecified atom stereocenters. The highest BCUT2D eigenvalue weighted by Crippen LogP contribution is 2.08. The van der Waals surface area contributed by atoms with Crippen LogP contribution in [-0.2, 0) is 13.2 Å². The van der Waals surface area contributed by atoms with Gasteiger partial charge in [-0.25, -0.2) is 0 Å². The van der Waals surface area contributed by atoms with Gasteiger partial charge in [0.25, 0.3) is 5.56 Å². The lowest BCUT2D eigenvalue weighted by molar-refractivity contribution is 0.243. The van der Waals surface area contributed by atoms with Crippen molar-refractivity contribution in [3.63, 3.8) is 0 Å². The zero-order chi connectivity index (χ0) is 11.5. The number of aromatic nitrogens is 1. The minimum atomic E-state index is -0.122. The first-order valence-corrected chi connectivity index (χ1v) is 5.04. The van der Waals surface area contributed by atoms with Gasteiger partial charge in [-0.05, 0) is 30.7 Å². The van der Waals surface area contributed by atoms with Gasteiger partial charge in [-0.3, -0.25) is 4.79 Å². The summed E-state index contributed by atoms with van der Waals surface area (Å²) in [6.07, 6.45) is 1.73. The molecule has 0 aliphatic rings. The molecule has 2 rings (SSSR count). The van der Waals surface area contributed by atoms with Gasteiger partial charge in [0.2, 0.25) is 0 Å². The number of rotatable bonds is 3. The lowest BCUT2D eigenvalue weighted by Gasteiger charge is -2.03.